The highest BCUT2D eigenvalue weighted by Gasteiger charge is 2.24. The number of rotatable bonds is 4. The monoisotopic (exact) mass is 310 g/mol. The number of methoxy groups -OCH3 is 1. The number of nitrogens with one attached hydrogen (secondary N) is 1. The van der Waals surface area contributed by atoms with Gasteiger partial charge in [0.25, 0.3) is 0 Å². The summed E-state index contributed by atoms with van der Waals surface area (Å²) in [6.45, 7) is 2.15. The fourth-order valence-electron chi connectivity index (χ4n) is 2.18. The van der Waals surface area contributed by atoms with Gasteiger partial charge in [-0.1, -0.05) is 0 Å². The maximum atomic E-state index is 13.4. The Balaban J connectivity index is 1.82. The second kappa shape index (κ2) is 7.69. The van der Waals surface area contributed by atoms with Crippen molar-refractivity contribution in [3.05, 3.63) is 24.3 Å². The molecule has 0 atom stereocenters. The minimum atomic E-state index is -0.579. The second-order valence-electron chi connectivity index (χ2n) is 4.90. The van der Waals surface area contributed by atoms with Crippen molar-refractivity contribution in [2.45, 2.75) is 6.42 Å². The van der Waals surface area contributed by atoms with E-state index in [9.17, 15) is 14.0 Å². The third-order valence-corrected chi connectivity index (χ3v) is 3.45. The molecule has 1 N–H and O–H groups in total. The Bertz CT molecular complexity index is 533. The van der Waals surface area contributed by atoms with E-state index in [0.29, 0.717) is 39.2 Å². The topological polar surface area (TPSA) is 74.8 Å². The average molecular weight is 310 g/mol. The molecule has 0 radical (unpaired) electrons. The van der Waals surface area contributed by atoms with Crippen LogP contribution in [-0.2, 0) is 9.53 Å². The van der Waals surface area contributed by atoms with E-state index in [1.165, 1.54) is 12.3 Å². The first kappa shape index (κ1) is 16.2. The van der Waals surface area contributed by atoms with E-state index in [0.717, 1.165) is 6.20 Å². The molecule has 1 saturated heterocycles. The molecule has 1 aromatic heterocycles. The number of amides is 3. The normalized spacial score (nSPS) is 14.8. The van der Waals surface area contributed by atoms with Crippen molar-refractivity contribution in [2.24, 2.45) is 0 Å². The van der Waals surface area contributed by atoms with Crippen LogP contribution in [0.4, 0.5) is 14.9 Å². The number of nitrogens with zero attached hydrogens (tertiary/aromatic N) is 3. The van der Waals surface area contributed by atoms with Crippen LogP contribution in [0.5, 0.6) is 0 Å². The number of hydrogen-bond donors (Lipinski definition) is 1. The molecule has 0 saturated carbocycles. The second-order valence-corrected chi connectivity index (χ2v) is 4.90. The van der Waals surface area contributed by atoms with E-state index in [1.54, 1.807) is 16.9 Å². The third-order valence-electron chi connectivity index (χ3n) is 3.45. The number of aromatic nitrogens is 1. The number of carbonyl (C=O) groups is 2. The maximum Gasteiger partial charge on any atom is 0.322 e. The smallest absolute Gasteiger partial charge is 0.322 e. The van der Waals surface area contributed by atoms with Crippen LogP contribution in [0.1, 0.15) is 6.42 Å². The van der Waals surface area contributed by atoms with Crippen molar-refractivity contribution in [1.82, 2.24) is 14.8 Å². The molecule has 0 aliphatic carbocycles. The third kappa shape index (κ3) is 4.14. The molecule has 1 aromatic rings. The van der Waals surface area contributed by atoms with E-state index in [2.05, 4.69) is 10.3 Å². The number of halogens is 1. The van der Waals surface area contributed by atoms with E-state index in [4.69, 9.17) is 4.74 Å². The highest BCUT2D eigenvalue weighted by Crippen LogP contribution is 2.13. The predicted molar refractivity (Wildman–Crippen MR) is 77.9 cm³/mol. The minimum absolute atomic E-state index is 0.0158. The summed E-state index contributed by atoms with van der Waals surface area (Å²) in [5, 5.41) is 2.51. The van der Waals surface area contributed by atoms with Gasteiger partial charge in [-0.15, -0.1) is 0 Å². The van der Waals surface area contributed by atoms with E-state index in [-0.39, 0.29) is 17.6 Å². The first-order chi connectivity index (χ1) is 10.6. The Labute approximate surface area is 128 Å². The lowest BCUT2D eigenvalue weighted by atomic mass is 10.3. The lowest BCUT2D eigenvalue weighted by molar-refractivity contribution is -0.133. The molecule has 2 heterocycles. The van der Waals surface area contributed by atoms with E-state index in [1.807, 2.05) is 0 Å². The van der Waals surface area contributed by atoms with Gasteiger partial charge in [0.05, 0.1) is 24.9 Å². The number of piperazine rings is 1. The molecule has 22 heavy (non-hydrogen) atoms. The average Bonchev–Trinajstić information content (AvgIpc) is 2.55. The summed E-state index contributed by atoms with van der Waals surface area (Å²) in [5.74, 6) is -0.564. The van der Waals surface area contributed by atoms with Crippen LogP contribution in [0.25, 0.3) is 0 Å². The summed E-state index contributed by atoms with van der Waals surface area (Å²) in [4.78, 5) is 30.8. The standard InChI is InChI=1S/C14H19FN4O3/c1-22-9-3-13(20)18-5-7-19(8-6-18)14(21)17-12-2-4-16-10-11(12)15/h2,4,10H,3,5-9H2,1H3,(H,16,17,21). The van der Waals surface area contributed by atoms with Gasteiger partial charge in [-0.25, -0.2) is 9.18 Å². The molecule has 7 nitrogen and oxygen atoms in total. The molecule has 2 rings (SSSR count). The molecular formula is C14H19FN4O3. The summed E-state index contributed by atoms with van der Waals surface area (Å²) in [6, 6.07) is 1.02. The number of urea groups is 1. The molecule has 0 bridgehead atoms. The van der Waals surface area contributed by atoms with E-state index >= 15 is 0 Å². The first-order valence-electron chi connectivity index (χ1n) is 7.04. The van der Waals surface area contributed by atoms with Crippen LogP contribution in [-0.4, -0.2) is 66.6 Å². The molecule has 1 aliphatic heterocycles. The largest absolute Gasteiger partial charge is 0.384 e. The fraction of sp³-hybridized carbons (Fsp3) is 0.500. The van der Waals surface area contributed by atoms with Crippen molar-refractivity contribution in [3.8, 4) is 0 Å². The van der Waals surface area contributed by atoms with Crippen molar-refractivity contribution in [1.29, 1.82) is 0 Å². The van der Waals surface area contributed by atoms with Gasteiger partial charge in [0.1, 0.15) is 0 Å². The zero-order valence-corrected chi connectivity index (χ0v) is 12.4. The van der Waals surface area contributed by atoms with Gasteiger partial charge in [-0.05, 0) is 6.07 Å². The van der Waals surface area contributed by atoms with Crippen LogP contribution in [0.15, 0.2) is 18.5 Å². The van der Waals surface area contributed by atoms with Gasteiger partial charge in [0.15, 0.2) is 5.82 Å². The Morgan fingerprint density at radius 1 is 1.32 bits per heavy atom. The summed E-state index contributed by atoms with van der Waals surface area (Å²) in [5.41, 5.74) is 0.0959. The van der Waals surface area contributed by atoms with Gasteiger partial charge in [-0.2, -0.15) is 0 Å². The van der Waals surface area contributed by atoms with Crippen LogP contribution < -0.4 is 5.32 Å². The zero-order chi connectivity index (χ0) is 15.9. The lowest BCUT2D eigenvalue weighted by Gasteiger charge is -2.34. The molecule has 0 spiro atoms. The van der Waals surface area contributed by atoms with Gasteiger partial charge in [-0.3, -0.25) is 9.78 Å². The molecule has 3 amide bonds. The Kier molecular flexibility index (Phi) is 5.65. The van der Waals surface area contributed by atoms with Gasteiger partial charge in [0.2, 0.25) is 5.91 Å². The van der Waals surface area contributed by atoms with Gasteiger partial charge in [0, 0.05) is 39.5 Å². The van der Waals surface area contributed by atoms with Crippen LogP contribution in [0.2, 0.25) is 0 Å². The lowest BCUT2D eigenvalue weighted by Crippen LogP contribution is -2.51. The van der Waals surface area contributed by atoms with Crippen LogP contribution in [0.3, 0.4) is 0 Å². The molecule has 0 aromatic carbocycles. The van der Waals surface area contributed by atoms with E-state index < -0.39 is 5.82 Å². The summed E-state index contributed by atoms with van der Waals surface area (Å²) >= 11 is 0. The minimum Gasteiger partial charge on any atom is -0.384 e. The molecule has 1 fully saturated rings. The first-order valence-corrected chi connectivity index (χ1v) is 7.04. The highest BCUT2D eigenvalue weighted by molar-refractivity contribution is 5.89. The number of carbonyl (C=O) groups excluding carboxylic acids is 2. The molecule has 120 valence electrons. The maximum absolute atomic E-state index is 13.4. The Hall–Kier alpha value is -2.22. The fourth-order valence-corrected chi connectivity index (χ4v) is 2.18. The number of ether oxygens (including phenoxy) is 1. The number of anilines is 1. The summed E-state index contributed by atoms with van der Waals surface area (Å²) in [7, 11) is 1.55. The summed E-state index contributed by atoms with van der Waals surface area (Å²) < 4.78 is 18.3. The van der Waals surface area contributed by atoms with Gasteiger partial charge >= 0.3 is 6.03 Å². The van der Waals surface area contributed by atoms with Crippen molar-refractivity contribution < 1.29 is 18.7 Å². The molecule has 0 unspecified atom stereocenters. The van der Waals surface area contributed by atoms with Crippen LogP contribution >= 0.6 is 0 Å². The molecule has 8 heteroatoms. The number of pyridine rings is 1. The van der Waals surface area contributed by atoms with Crippen molar-refractivity contribution in [2.75, 3.05) is 45.2 Å². The van der Waals surface area contributed by atoms with Crippen molar-refractivity contribution >= 4 is 17.6 Å². The SMILES string of the molecule is COCCC(=O)N1CCN(C(=O)Nc2ccncc2F)CC1. The zero-order valence-electron chi connectivity index (χ0n) is 12.4. The molecule has 1 aliphatic rings. The van der Waals surface area contributed by atoms with Gasteiger partial charge < -0.3 is 19.9 Å². The van der Waals surface area contributed by atoms with Crippen LogP contribution in [0, 0.1) is 5.82 Å². The quantitative estimate of drug-likeness (QED) is 0.898. The Morgan fingerprint density at radius 2 is 2.00 bits per heavy atom. The Morgan fingerprint density at radius 3 is 2.64 bits per heavy atom. The summed E-state index contributed by atoms with van der Waals surface area (Å²) in [6.07, 6.45) is 2.79. The highest BCUT2D eigenvalue weighted by atomic mass is 19.1. The number of hydrogen-bond acceptors (Lipinski definition) is 4. The molecular weight excluding hydrogens is 291 g/mol. The van der Waals surface area contributed by atoms with Crippen molar-refractivity contribution in [3.63, 3.8) is 0 Å². The predicted octanol–water partition coefficient (Wildman–Crippen LogP) is 0.933.